The van der Waals surface area contributed by atoms with Gasteiger partial charge in [-0.2, -0.15) is 0 Å². The van der Waals surface area contributed by atoms with Crippen molar-refractivity contribution in [3.8, 4) is 11.5 Å². The smallest absolute Gasteiger partial charge is 0.141 e. The first-order valence-electron chi connectivity index (χ1n) is 5.22. The fourth-order valence-corrected chi connectivity index (χ4v) is 2.27. The van der Waals surface area contributed by atoms with Crippen molar-refractivity contribution in [1.82, 2.24) is 0 Å². The SMILES string of the molecule is NCc1c(F)cccc1Oc1ccc(Cl)cc1Br. The maximum absolute atomic E-state index is 13.5. The summed E-state index contributed by atoms with van der Waals surface area (Å²) in [6.45, 7) is 0.0766. The van der Waals surface area contributed by atoms with E-state index in [-0.39, 0.29) is 12.4 Å². The fraction of sp³-hybridized carbons (Fsp3) is 0.0769. The number of nitrogens with two attached hydrogens (primary N) is 1. The van der Waals surface area contributed by atoms with Crippen LogP contribution in [0.15, 0.2) is 40.9 Å². The monoisotopic (exact) mass is 329 g/mol. The number of rotatable bonds is 3. The van der Waals surface area contributed by atoms with Crippen LogP contribution in [0.3, 0.4) is 0 Å². The molecule has 0 aliphatic carbocycles. The van der Waals surface area contributed by atoms with E-state index in [2.05, 4.69) is 15.9 Å². The predicted octanol–water partition coefficient (Wildman–Crippen LogP) is 4.49. The fourth-order valence-electron chi connectivity index (χ4n) is 1.51. The molecule has 2 nitrogen and oxygen atoms in total. The van der Waals surface area contributed by atoms with E-state index >= 15 is 0 Å². The van der Waals surface area contributed by atoms with Crippen molar-refractivity contribution in [3.05, 3.63) is 57.3 Å². The first kappa shape index (κ1) is 13.3. The van der Waals surface area contributed by atoms with Crippen LogP contribution in [0.25, 0.3) is 0 Å². The lowest BCUT2D eigenvalue weighted by Crippen LogP contribution is -2.02. The minimum atomic E-state index is -0.375. The lowest BCUT2D eigenvalue weighted by molar-refractivity contribution is 0.464. The third-order valence-electron chi connectivity index (χ3n) is 2.39. The molecule has 2 aromatic carbocycles. The van der Waals surface area contributed by atoms with Crippen molar-refractivity contribution in [2.75, 3.05) is 0 Å². The molecular weight excluding hydrogens is 321 g/mol. The largest absolute Gasteiger partial charge is 0.456 e. The van der Waals surface area contributed by atoms with Crippen LogP contribution in [0.1, 0.15) is 5.56 Å². The predicted molar refractivity (Wildman–Crippen MR) is 73.5 cm³/mol. The molecule has 0 amide bonds. The maximum Gasteiger partial charge on any atom is 0.141 e. The highest BCUT2D eigenvalue weighted by atomic mass is 79.9. The van der Waals surface area contributed by atoms with E-state index in [1.807, 2.05) is 0 Å². The van der Waals surface area contributed by atoms with Gasteiger partial charge in [0, 0.05) is 17.1 Å². The summed E-state index contributed by atoms with van der Waals surface area (Å²) in [5.41, 5.74) is 5.86. The lowest BCUT2D eigenvalue weighted by Gasteiger charge is -2.12. The van der Waals surface area contributed by atoms with Gasteiger partial charge in [-0.25, -0.2) is 4.39 Å². The molecule has 0 saturated heterocycles. The van der Waals surface area contributed by atoms with Crippen molar-refractivity contribution in [3.63, 3.8) is 0 Å². The van der Waals surface area contributed by atoms with Gasteiger partial charge in [0.1, 0.15) is 17.3 Å². The Kier molecular flexibility index (Phi) is 4.22. The lowest BCUT2D eigenvalue weighted by atomic mass is 10.2. The molecule has 2 N–H and O–H groups in total. The molecule has 0 spiro atoms. The second kappa shape index (κ2) is 5.69. The summed E-state index contributed by atoms with van der Waals surface area (Å²) in [7, 11) is 0. The normalized spacial score (nSPS) is 10.4. The first-order valence-corrected chi connectivity index (χ1v) is 6.39. The Morgan fingerprint density at radius 3 is 2.67 bits per heavy atom. The van der Waals surface area contributed by atoms with Crippen LogP contribution < -0.4 is 10.5 Å². The van der Waals surface area contributed by atoms with Crippen molar-refractivity contribution in [2.45, 2.75) is 6.54 Å². The zero-order chi connectivity index (χ0) is 13.1. The highest BCUT2D eigenvalue weighted by Crippen LogP contribution is 2.33. The third-order valence-corrected chi connectivity index (χ3v) is 3.25. The molecule has 5 heteroatoms. The molecule has 0 aliphatic rings. The number of hydrogen-bond donors (Lipinski definition) is 1. The first-order chi connectivity index (χ1) is 8.61. The Morgan fingerprint density at radius 2 is 2.00 bits per heavy atom. The Hall–Kier alpha value is -1.10. The summed E-state index contributed by atoms with van der Waals surface area (Å²) in [5.74, 6) is 0.584. The number of benzene rings is 2. The van der Waals surface area contributed by atoms with Crippen molar-refractivity contribution >= 4 is 27.5 Å². The molecule has 0 heterocycles. The molecule has 0 aliphatic heterocycles. The van der Waals surface area contributed by atoms with E-state index < -0.39 is 0 Å². The van der Waals surface area contributed by atoms with E-state index in [1.54, 1.807) is 30.3 Å². The minimum Gasteiger partial charge on any atom is -0.456 e. The topological polar surface area (TPSA) is 35.2 Å². The molecule has 2 rings (SSSR count). The summed E-state index contributed by atoms with van der Waals surface area (Å²) in [4.78, 5) is 0. The highest BCUT2D eigenvalue weighted by Gasteiger charge is 2.10. The van der Waals surface area contributed by atoms with Gasteiger partial charge in [-0.15, -0.1) is 0 Å². The van der Waals surface area contributed by atoms with E-state index in [9.17, 15) is 4.39 Å². The molecule has 0 atom stereocenters. The van der Waals surface area contributed by atoms with Gasteiger partial charge in [-0.05, 0) is 46.3 Å². The van der Waals surface area contributed by atoms with Crippen molar-refractivity contribution in [2.24, 2.45) is 5.73 Å². The Labute approximate surface area is 118 Å². The second-order valence-corrected chi connectivity index (χ2v) is 4.89. The maximum atomic E-state index is 13.5. The summed E-state index contributed by atoms with van der Waals surface area (Å²) in [6, 6.07) is 9.71. The van der Waals surface area contributed by atoms with E-state index in [0.717, 1.165) is 0 Å². The number of hydrogen-bond acceptors (Lipinski definition) is 2. The Morgan fingerprint density at radius 1 is 1.22 bits per heavy atom. The Bertz CT molecular complexity index is 577. The van der Waals surface area contributed by atoms with Crippen LogP contribution in [-0.4, -0.2) is 0 Å². The van der Waals surface area contributed by atoms with Crippen LogP contribution >= 0.6 is 27.5 Å². The molecule has 0 fully saturated rings. The summed E-state index contributed by atoms with van der Waals surface area (Å²) >= 11 is 9.17. The number of halogens is 3. The van der Waals surface area contributed by atoms with Crippen molar-refractivity contribution < 1.29 is 9.13 Å². The molecule has 0 radical (unpaired) electrons. The summed E-state index contributed by atoms with van der Waals surface area (Å²) < 4.78 is 19.9. The molecular formula is C13H10BrClFNO. The standard InChI is InChI=1S/C13H10BrClFNO/c14-10-6-8(15)4-5-13(10)18-12-3-1-2-11(16)9(12)7-17/h1-6H,7,17H2. The van der Waals surface area contributed by atoms with E-state index in [0.29, 0.717) is 26.6 Å². The van der Waals surface area contributed by atoms with Crippen molar-refractivity contribution in [1.29, 1.82) is 0 Å². The second-order valence-electron chi connectivity index (χ2n) is 3.60. The zero-order valence-corrected chi connectivity index (χ0v) is 11.6. The molecule has 0 aromatic heterocycles. The zero-order valence-electron chi connectivity index (χ0n) is 9.29. The molecule has 94 valence electrons. The van der Waals surface area contributed by atoms with Crippen LogP contribution in [0.5, 0.6) is 11.5 Å². The quantitative estimate of drug-likeness (QED) is 0.899. The van der Waals surface area contributed by atoms with Gasteiger partial charge < -0.3 is 10.5 Å². The average Bonchev–Trinajstić information content (AvgIpc) is 2.33. The minimum absolute atomic E-state index is 0.0766. The van der Waals surface area contributed by atoms with Gasteiger partial charge in [0.2, 0.25) is 0 Å². The third kappa shape index (κ3) is 2.83. The Balaban J connectivity index is 2.37. The van der Waals surface area contributed by atoms with Gasteiger partial charge >= 0.3 is 0 Å². The van der Waals surface area contributed by atoms with Gasteiger partial charge in [0.25, 0.3) is 0 Å². The molecule has 0 saturated carbocycles. The van der Waals surface area contributed by atoms with Gasteiger partial charge in [0.05, 0.1) is 4.47 Å². The van der Waals surface area contributed by atoms with E-state index in [4.69, 9.17) is 22.1 Å². The number of ether oxygens (including phenoxy) is 1. The summed E-state index contributed by atoms with van der Waals surface area (Å²) in [5, 5.41) is 0.590. The van der Waals surface area contributed by atoms with E-state index in [1.165, 1.54) is 6.07 Å². The molecule has 0 unspecified atom stereocenters. The molecule has 0 bridgehead atoms. The van der Waals surface area contributed by atoms with Crippen LogP contribution in [-0.2, 0) is 6.54 Å². The van der Waals surface area contributed by atoms with Crippen LogP contribution in [0.4, 0.5) is 4.39 Å². The van der Waals surface area contributed by atoms with Gasteiger partial charge in [-0.3, -0.25) is 0 Å². The van der Waals surface area contributed by atoms with Gasteiger partial charge in [0.15, 0.2) is 0 Å². The molecule has 18 heavy (non-hydrogen) atoms. The van der Waals surface area contributed by atoms with Crippen LogP contribution in [0, 0.1) is 5.82 Å². The van der Waals surface area contributed by atoms with Crippen LogP contribution in [0.2, 0.25) is 5.02 Å². The molecule has 2 aromatic rings. The highest BCUT2D eigenvalue weighted by molar-refractivity contribution is 9.10. The average molecular weight is 331 g/mol. The van der Waals surface area contributed by atoms with Gasteiger partial charge in [-0.1, -0.05) is 17.7 Å². The summed E-state index contributed by atoms with van der Waals surface area (Å²) in [6.07, 6.45) is 0.